The lowest BCUT2D eigenvalue weighted by Crippen LogP contribution is -2.17. The van der Waals surface area contributed by atoms with Crippen molar-refractivity contribution in [1.82, 2.24) is 0 Å². The van der Waals surface area contributed by atoms with Gasteiger partial charge in [-0.05, 0) is 24.5 Å². The normalized spacial score (nSPS) is 11.5. The van der Waals surface area contributed by atoms with E-state index < -0.39 is 6.36 Å². The fourth-order valence-electron chi connectivity index (χ4n) is 0.865. The molecule has 0 N–H and O–H groups in total. The third-order valence-electron chi connectivity index (χ3n) is 1.37. The number of hydrogen-bond donors (Lipinski definition) is 1. The molecule has 1 aromatic carbocycles. The number of halogens is 3. The van der Waals surface area contributed by atoms with Gasteiger partial charge >= 0.3 is 6.36 Å². The van der Waals surface area contributed by atoms with Crippen LogP contribution in [0.25, 0.3) is 0 Å². The molecule has 1 rings (SSSR count). The van der Waals surface area contributed by atoms with Crippen LogP contribution >= 0.6 is 24.4 Å². The third kappa shape index (κ3) is 3.34. The van der Waals surface area contributed by atoms with E-state index in [1.54, 1.807) is 6.26 Å². The van der Waals surface area contributed by atoms with Crippen LogP contribution in [-0.2, 0) is 0 Å². The summed E-state index contributed by atoms with van der Waals surface area (Å²) in [6.45, 7) is 0. The lowest BCUT2D eigenvalue weighted by Gasteiger charge is -2.12. The van der Waals surface area contributed by atoms with Crippen molar-refractivity contribution in [2.45, 2.75) is 16.2 Å². The van der Waals surface area contributed by atoms with Crippen molar-refractivity contribution >= 4 is 24.4 Å². The number of alkyl halides is 3. The van der Waals surface area contributed by atoms with Crippen molar-refractivity contribution in [2.24, 2.45) is 0 Å². The van der Waals surface area contributed by atoms with Gasteiger partial charge in [-0.15, -0.1) is 37.6 Å². The molecule has 1 nitrogen and oxygen atoms in total. The molecule has 0 aliphatic rings. The maximum Gasteiger partial charge on any atom is 0.573 e. The van der Waals surface area contributed by atoms with Crippen LogP contribution < -0.4 is 4.74 Å². The first-order valence-electron chi connectivity index (χ1n) is 3.55. The Labute approximate surface area is 89.0 Å². The second-order valence-corrected chi connectivity index (χ2v) is 3.75. The van der Waals surface area contributed by atoms with Crippen LogP contribution in [0.5, 0.6) is 5.75 Å². The Morgan fingerprint density at radius 2 is 2.00 bits per heavy atom. The summed E-state index contributed by atoms with van der Waals surface area (Å²) in [7, 11) is 0. The number of ether oxygens (including phenoxy) is 1. The molecule has 14 heavy (non-hydrogen) atoms. The van der Waals surface area contributed by atoms with Crippen LogP contribution in [0, 0.1) is 0 Å². The second-order valence-electron chi connectivity index (χ2n) is 2.38. The quantitative estimate of drug-likeness (QED) is 0.624. The molecule has 0 spiro atoms. The van der Waals surface area contributed by atoms with Gasteiger partial charge in [-0.3, -0.25) is 0 Å². The molecule has 0 atom stereocenters. The minimum Gasteiger partial charge on any atom is -0.405 e. The van der Waals surface area contributed by atoms with Gasteiger partial charge in [0.25, 0.3) is 0 Å². The molecule has 1 aromatic rings. The first kappa shape index (κ1) is 11.6. The van der Waals surface area contributed by atoms with E-state index in [1.807, 2.05) is 0 Å². The Balaban J connectivity index is 2.97. The molecule has 78 valence electrons. The number of thioether (sulfide) groups is 1. The summed E-state index contributed by atoms with van der Waals surface area (Å²) in [4.78, 5) is 1.01. The van der Waals surface area contributed by atoms with Crippen LogP contribution in [-0.4, -0.2) is 12.6 Å². The molecule has 0 aliphatic carbocycles. The smallest absolute Gasteiger partial charge is 0.405 e. The Hall–Kier alpha value is -0.490. The standard InChI is InChI=1S/C8H7F3OS2/c1-14-7-4-5(13)2-3-6(7)12-8(9,10)11/h2-4,13H,1H3. The highest BCUT2D eigenvalue weighted by Crippen LogP contribution is 2.33. The summed E-state index contributed by atoms with van der Waals surface area (Å²) in [6.07, 6.45) is -2.98. The van der Waals surface area contributed by atoms with E-state index in [1.165, 1.54) is 30.0 Å². The van der Waals surface area contributed by atoms with Crippen molar-refractivity contribution in [3.8, 4) is 5.75 Å². The first-order valence-corrected chi connectivity index (χ1v) is 5.22. The molecule has 0 saturated heterocycles. The molecule has 0 radical (unpaired) electrons. The van der Waals surface area contributed by atoms with Gasteiger partial charge in [0.2, 0.25) is 0 Å². The topological polar surface area (TPSA) is 9.23 Å². The molecule has 0 fully saturated rings. The lowest BCUT2D eigenvalue weighted by molar-refractivity contribution is -0.275. The maximum atomic E-state index is 11.9. The molecule has 0 saturated carbocycles. The molecule has 0 heterocycles. The minimum absolute atomic E-state index is 0.192. The monoisotopic (exact) mass is 240 g/mol. The summed E-state index contributed by atoms with van der Waals surface area (Å²) in [5.41, 5.74) is 0. The molecule has 0 aliphatic heterocycles. The highest BCUT2D eigenvalue weighted by atomic mass is 32.2. The van der Waals surface area contributed by atoms with Crippen molar-refractivity contribution in [2.75, 3.05) is 6.26 Å². The summed E-state index contributed by atoms with van der Waals surface area (Å²) < 4.78 is 39.5. The van der Waals surface area contributed by atoms with Gasteiger partial charge in [0.05, 0.1) is 4.90 Å². The summed E-state index contributed by atoms with van der Waals surface area (Å²) in [5.74, 6) is -0.192. The van der Waals surface area contributed by atoms with Crippen molar-refractivity contribution in [1.29, 1.82) is 0 Å². The first-order chi connectivity index (χ1) is 6.42. The third-order valence-corrected chi connectivity index (χ3v) is 2.41. The molecular weight excluding hydrogens is 233 g/mol. The van der Waals surface area contributed by atoms with E-state index in [2.05, 4.69) is 17.4 Å². The SMILES string of the molecule is CSc1cc(S)ccc1OC(F)(F)F. The maximum absolute atomic E-state index is 11.9. The largest absolute Gasteiger partial charge is 0.573 e. The Kier molecular flexibility index (Phi) is 3.60. The van der Waals surface area contributed by atoms with E-state index >= 15 is 0 Å². The molecule has 0 aromatic heterocycles. The van der Waals surface area contributed by atoms with E-state index in [4.69, 9.17) is 0 Å². The zero-order chi connectivity index (χ0) is 10.8. The van der Waals surface area contributed by atoms with Gasteiger partial charge < -0.3 is 4.74 Å². The average Bonchev–Trinajstić information content (AvgIpc) is 2.06. The predicted octanol–water partition coefficient (Wildman–Crippen LogP) is 3.60. The van der Waals surface area contributed by atoms with E-state index in [-0.39, 0.29) is 5.75 Å². The van der Waals surface area contributed by atoms with E-state index in [9.17, 15) is 13.2 Å². The number of benzene rings is 1. The predicted molar refractivity (Wildman–Crippen MR) is 52.2 cm³/mol. The summed E-state index contributed by atoms with van der Waals surface area (Å²) in [5, 5.41) is 0. The van der Waals surface area contributed by atoms with Crippen LogP contribution in [0.3, 0.4) is 0 Å². The number of hydrogen-bond acceptors (Lipinski definition) is 3. The highest BCUT2D eigenvalue weighted by molar-refractivity contribution is 7.98. The Morgan fingerprint density at radius 1 is 1.36 bits per heavy atom. The minimum atomic E-state index is -4.65. The second kappa shape index (κ2) is 4.35. The van der Waals surface area contributed by atoms with Crippen molar-refractivity contribution in [3.63, 3.8) is 0 Å². The van der Waals surface area contributed by atoms with Gasteiger partial charge in [-0.2, -0.15) is 0 Å². The van der Waals surface area contributed by atoms with Gasteiger partial charge in [0.15, 0.2) is 0 Å². The van der Waals surface area contributed by atoms with Crippen molar-refractivity contribution < 1.29 is 17.9 Å². The van der Waals surface area contributed by atoms with E-state index in [0.717, 1.165) is 0 Å². The van der Waals surface area contributed by atoms with Crippen LogP contribution in [0.4, 0.5) is 13.2 Å². The zero-order valence-electron chi connectivity index (χ0n) is 7.13. The molecule has 0 amide bonds. The molecule has 0 bridgehead atoms. The Morgan fingerprint density at radius 3 is 2.50 bits per heavy atom. The molecule has 0 unspecified atom stereocenters. The molecule has 6 heteroatoms. The Bertz CT molecular complexity index is 325. The average molecular weight is 240 g/mol. The van der Waals surface area contributed by atoms with Gasteiger partial charge in [-0.1, -0.05) is 0 Å². The van der Waals surface area contributed by atoms with E-state index in [0.29, 0.717) is 9.79 Å². The van der Waals surface area contributed by atoms with Gasteiger partial charge in [0.1, 0.15) is 5.75 Å². The van der Waals surface area contributed by atoms with Crippen molar-refractivity contribution in [3.05, 3.63) is 18.2 Å². The zero-order valence-corrected chi connectivity index (χ0v) is 8.84. The fraction of sp³-hybridized carbons (Fsp3) is 0.250. The summed E-state index contributed by atoms with van der Waals surface area (Å²) >= 11 is 5.19. The summed E-state index contributed by atoms with van der Waals surface area (Å²) in [6, 6.07) is 4.22. The van der Waals surface area contributed by atoms with Crippen LogP contribution in [0.1, 0.15) is 0 Å². The number of rotatable bonds is 2. The van der Waals surface area contributed by atoms with Crippen LogP contribution in [0.2, 0.25) is 0 Å². The number of thiol groups is 1. The highest BCUT2D eigenvalue weighted by Gasteiger charge is 2.31. The van der Waals surface area contributed by atoms with Crippen LogP contribution in [0.15, 0.2) is 28.0 Å². The molecular formula is C8H7F3OS2. The lowest BCUT2D eigenvalue weighted by atomic mass is 10.3. The van der Waals surface area contributed by atoms with Gasteiger partial charge in [0, 0.05) is 4.90 Å². The van der Waals surface area contributed by atoms with Gasteiger partial charge in [-0.25, -0.2) is 0 Å². The fourth-order valence-corrected chi connectivity index (χ4v) is 1.71.